The van der Waals surface area contributed by atoms with E-state index in [0.717, 1.165) is 0 Å². The van der Waals surface area contributed by atoms with Crippen LogP contribution in [-0.2, 0) is 7.05 Å². The van der Waals surface area contributed by atoms with Gasteiger partial charge in [0.2, 0.25) is 0 Å². The van der Waals surface area contributed by atoms with Crippen molar-refractivity contribution in [3.8, 4) is 12.1 Å². The lowest BCUT2D eigenvalue weighted by molar-refractivity contribution is 0.0753. The molecule has 0 fully saturated rings. The number of nitriles is 2. The number of anilines is 1. The Morgan fingerprint density at radius 3 is 2.33 bits per heavy atom. The Balaban J connectivity index is 2.85. The second-order valence-corrected chi connectivity index (χ2v) is 3.88. The molecule has 0 aliphatic heterocycles. The van der Waals surface area contributed by atoms with Gasteiger partial charge in [-0.3, -0.25) is 4.79 Å². The molecule has 94 valence electrons. The summed E-state index contributed by atoms with van der Waals surface area (Å²) >= 11 is 0. The van der Waals surface area contributed by atoms with Gasteiger partial charge in [0, 0.05) is 26.3 Å². The lowest BCUT2D eigenvalue weighted by Crippen LogP contribution is -2.33. The third-order valence-corrected chi connectivity index (χ3v) is 2.52. The highest BCUT2D eigenvalue weighted by molar-refractivity contribution is 5.93. The molecule has 1 aromatic heterocycles. The molecule has 1 aromatic rings. The quantitative estimate of drug-likeness (QED) is 0.832. The van der Waals surface area contributed by atoms with Crippen LogP contribution in [0.25, 0.3) is 0 Å². The third-order valence-electron chi connectivity index (χ3n) is 2.52. The summed E-state index contributed by atoms with van der Waals surface area (Å²) in [6.07, 6.45) is 2.15. The number of aryl methyl sites for hydroxylation is 1. The molecule has 0 unspecified atom stereocenters. The van der Waals surface area contributed by atoms with Gasteiger partial charge in [-0.15, -0.1) is 0 Å². The second kappa shape index (κ2) is 6.31. The van der Waals surface area contributed by atoms with E-state index in [1.165, 1.54) is 4.90 Å². The van der Waals surface area contributed by atoms with Crippen LogP contribution < -0.4 is 5.73 Å². The number of nitrogens with zero attached hydrogens (tertiary/aromatic N) is 4. The van der Waals surface area contributed by atoms with Gasteiger partial charge >= 0.3 is 0 Å². The number of amides is 1. The highest BCUT2D eigenvalue weighted by atomic mass is 16.2. The Kier molecular flexibility index (Phi) is 4.77. The van der Waals surface area contributed by atoms with Gasteiger partial charge in [0.05, 0.1) is 30.7 Å². The minimum Gasteiger partial charge on any atom is -0.397 e. The first-order chi connectivity index (χ1) is 8.60. The number of hydrogen-bond acceptors (Lipinski definition) is 4. The molecule has 0 bridgehead atoms. The molecule has 0 spiro atoms. The summed E-state index contributed by atoms with van der Waals surface area (Å²) in [5.74, 6) is -0.209. The van der Waals surface area contributed by atoms with Crippen LogP contribution in [0.5, 0.6) is 0 Å². The second-order valence-electron chi connectivity index (χ2n) is 3.88. The highest BCUT2D eigenvalue weighted by Crippen LogP contribution is 2.12. The molecular weight excluding hydrogens is 230 g/mol. The molecule has 1 heterocycles. The molecule has 0 aliphatic carbocycles. The van der Waals surface area contributed by atoms with E-state index in [9.17, 15) is 4.79 Å². The van der Waals surface area contributed by atoms with Crippen molar-refractivity contribution in [3.05, 3.63) is 18.0 Å². The van der Waals surface area contributed by atoms with Crippen molar-refractivity contribution in [2.24, 2.45) is 7.05 Å². The molecule has 0 saturated carbocycles. The number of nitrogens with two attached hydrogens (primary N) is 1. The average molecular weight is 245 g/mol. The number of hydrogen-bond donors (Lipinski definition) is 1. The van der Waals surface area contributed by atoms with Crippen molar-refractivity contribution in [2.45, 2.75) is 12.8 Å². The molecule has 0 atom stereocenters. The molecule has 6 nitrogen and oxygen atoms in total. The van der Waals surface area contributed by atoms with E-state index in [4.69, 9.17) is 16.3 Å². The van der Waals surface area contributed by atoms with Crippen molar-refractivity contribution < 1.29 is 4.79 Å². The van der Waals surface area contributed by atoms with E-state index < -0.39 is 0 Å². The molecular formula is C12H15N5O. The van der Waals surface area contributed by atoms with Gasteiger partial charge in [-0.05, 0) is 6.07 Å². The fourth-order valence-corrected chi connectivity index (χ4v) is 1.65. The summed E-state index contributed by atoms with van der Waals surface area (Å²) in [6, 6.07) is 5.58. The van der Waals surface area contributed by atoms with Crippen molar-refractivity contribution >= 4 is 11.6 Å². The van der Waals surface area contributed by atoms with Gasteiger partial charge < -0.3 is 15.2 Å². The Morgan fingerprint density at radius 1 is 1.39 bits per heavy atom. The molecule has 0 aliphatic rings. The minimum atomic E-state index is -0.209. The predicted molar refractivity (Wildman–Crippen MR) is 66.2 cm³/mol. The van der Waals surface area contributed by atoms with E-state index in [0.29, 0.717) is 24.5 Å². The van der Waals surface area contributed by atoms with Crippen molar-refractivity contribution in [3.63, 3.8) is 0 Å². The first kappa shape index (κ1) is 13.6. The van der Waals surface area contributed by atoms with Crippen LogP contribution >= 0.6 is 0 Å². The van der Waals surface area contributed by atoms with Gasteiger partial charge in [-0.1, -0.05) is 0 Å². The van der Waals surface area contributed by atoms with Gasteiger partial charge in [-0.25, -0.2) is 0 Å². The maximum absolute atomic E-state index is 12.2. The van der Waals surface area contributed by atoms with E-state index >= 15 is 0 Å². The molecule has 1 rings (SSSR count). The van der Waals surface area contributed by atoms with E-state index in [1.54, 1.807) is 23.9 Å². The van der Waals surface area contributed by atoms with E-state index in [-0.39, 0.29) is 18.7 Å². The van der Waals surface area contributed by atoms with Gasteiger partial charge in [0.1, 0.15) is 5.69 Å². The molecule has 18 heavy (non-hydrogen) atoms. The molecule has 1 amide bonds. The molecule has 0 radical (unpaired) electrons. The van der Waals surface area contributed by atoms with Crippen molar-refractivity contribution in [1.29, 1.82) is 10.5 Å². The monoisotopic (exact) mass is 245 g/mol. The molecule has 0 aromatic carbocycles. The zero-order valence-electron chi connectivity index (χ0n) is 10.3. The fourth-order valence-electron chi connectivity index (χ4n) is 1.65. The maximum atomic E-state index is 12.2. The largest absolute Gasteiger partial charge is 0.397 e. The van der Waals surface area contributed by atoms with Crippen molar-refractivity contribution in [1.82, 2.24) is 9.47 Å². The molecule has 6 heteroatoms. The first-order valence-electron chi connectivity index (χ1n) is 5.55. The van der Waals surface area contributed by atoms with Crippen LogP contribution in [0.15, 0.2) is 12.3 Å². The normalized spacial score (nSPS) is 9.50. The number of carbonyl (C=O) groups is 1. The van der Waals surface area contributed by atoms with E-state index in [2.05, 4.69) is 0 Å². The Bertz CT molecular complexity index is 488. The zero-order valence-corrected chi connectivity index (χ0v) is 10.3. The number of aromatic nitrogens is 1. The van der Waals surface area contributed by atoms with Crippen LogP contribution in [0, 0.1) is 22.7 Å². The summed E-state index contributed by atoms with van der Waals surface area (Å²) in [5, 5.41) is 17.1. The van der Waals surface area contributed by atoms with Gasteiger partial charge in [-0.2, -0.15) is 10.5 Å². The van der Waals surface area contributed by atoms with Gasteiger partial charge in [0.25, 0.3) is 5.91 Å². The predicted octanol–water partition coefficient (Wildman–Crippen LogP) is 0.877. The number of carbonyl (C=O) groups excluding carboxylic acids is 1. The smallest absolute Gasteiger partial charge is 0.270 e. The van der Waals surface area contributed by atoms with Crippen LogP contribution in [0.2, 0.25) is 0 Å². The zero-order chi connectivity index (χ0) is 13.5. The summed E-state index contributed by atoms with van der Waals surface area (Å²) in [7, 11) is 1.73. The van der Waals surface area contributed by atoms with E-state index in [1.807, 2.05) is 12.1 Å². The van der Waals surface area contributed by atoms with Crippen LogP contribution in [-0.4, -0.2) is 28.5 Å². The first-order valence-corrected chi connectivity index (χ1v) is 5.55. The molecule has 2 N–H and O–H groups in total. The van der Waals surface area contributed by atoms with Crippen LogP contribution in [0.4, 0.5) is 5.69 Å². The summed E-state index contributed by atoms with van der Waals surface area (Å²) < 4.78 is 1.64. The number of nitrogen functional groups attached to an aromatic ring is 1. The maximum Gasteiger partial charge on any atom is 0.270 e. The highest BCUT2D eigenvalue weighted by Gasteiger charge is 2.18. The summed E-state index contributed by atoms with van der Waals surface area (Å²) in [4.78, 5) is 13.7. The fraction of sp³-hybridized carbons (Fsp3) is 0.417. The molecule has 0 saturated heterocycles. The van der Waals surface area contributed by atoms with Crippen LogP contribution in [0.3, 0.4) is 0 Å². The number of rotatable bonds is 5. The van der Waals surface area contributed by atoms with Crippen molar-refractivity contribution in [2.75, 3.05) is 18.8 Å². The minimum absolute atomic E-state index is 0.209. The lowest BCUT2D eigenvalue weighted by Gasteiger charge is -2.20. The average Bonchev–Trinajstić information content (AvgIpc) is 2.68. The van der Waals surface area contributed by atoms with Crippen LogP contribution in [0.1, 0.15) is 23.3 Å². The Hall–Kier alpha value is -2.47. The summed E-state index contributed by atoms with van der Waals surface area (Å²) in [6.45, 7) is 0.643. The lowest BCUT2D eigenvalue weighted by atomic mass is 10.3. The standard InChI is InChI=1S/C12H15N5O/c1-16-9-10(15)8-11(16)12(18)17(6-2-4-13)7-3-5-14/h8-9H,2-3,6-7,15H2,1H3. The Labute approximate surface area is 106 Å². The van der Waals surface area contributed by atoms with Gasteiger partial charge in [0.15, 0.2) is 0 Å². The Morgan fingerprint density at radius 2 is 1.94 bits per heavy atom. The topological polar surface area (TPSA) is 98.8 Å². The summed E-state index contributed by atoms with van der Waals surface area (Å²) in [5.41, 5.74) is 6.60. The third kappa shape index (κ3) is 3.26. The SMILES string of the molecule is Cn1cc(N)cc1C(=O)N(CCC#N)CCC#N.